The third-order valence-electron chi connectivity index (χ3n) is 5.58. The number of anilines is 1. The summed E-state index contributed by atoms with van der Waals surface area (Å²) in [5.41, 5.74) is 2.40. The summed E-state index contributed by atoms with van der Waals surface area (Å²) in [7, 11) is -3.75. The van der Waals surface area contributed by atoms with Gasteiger partial charge in [0.05, 0.1) is 17.1 Å². The van der Waals surface area contributed by atoms with E-state index >= 15 is 0 Å². The summed E-state index contributed by atoms with van der Waals surface area (Å²) in [5.74, 6) is -0.00986. The number of aromatic nitrogens is 1. The highest BCUT2D eigenvalue weighted by Gasteiger charge is 2.39. The van der Waals surface area contributed by atoms with Crippen LogP contribution in [0.5, 0.6) is 0 Å². The molecule has 1 aliphatic heterocycles. The Bertz CT molecular complexity index is 1080. The molecule has 2 aromatic rings. The van der Waals surface area contributed by atoms with E-state index < -0.39 is 10.0 Å². The number of carbonyl (C=O) groups is 2. The van der Waals surface area contributed by atoms with E-state index in [2.05, 4.69) is 15.0 Å². The van der Waals surface area contributed by atoms with Crippen molar-refractivity contribution in [1.29, 1.82) is 0 Å². The summed E-state index contributed by atoms with van der Waals surface area (Å²) in [6.45, 7) is 2.28. The van der Waals surface area contributed by atoms with Crippen molar-refractivity contribution < 1.29 is 18.0 Å². The predicted octanol–water partition coefficient (Wildman–Crippen LogP) is 1.75. The van der Waals surface area contributed by atoms with Crippen LogP contribution in [0.15, 0.2) is 47.5 Å². The molecular weight excluding hydrogens is 416 g/mol. The second-order valence-corrected chi connectivity index (χ2v) is 9.84. The molecule has 31 heavy (non-hydrogen) atoms. The summed E-state index contributed by atoms with van der Waals surface area (Å²) >= 11 is 0. The van der Waals surface area contributed by atoms with Gasteiger partial charge in [0, 0.05) is 36.8 Å². The van der Waals surface area contributed by atoms with Crippen molar-refractivity contribution in [2.24, 2.45) is 5.92 Å². The molecule has 2 heterocycles. The highest BCUT2D eigenvalue weighted by molar-refractivity contribution is 7.89. The van der Waals surface area contributed by atoms with Gasteiger partial charge >= 0.3 is 0 Å². The maximum atomic E-state index is 12.7. The number of nitrogens with one attached hydrogen (secondary N) is 2. The molecule has 0 radical (unpaired) electrons. The Kier molecular flexibility index (Phi) is 6.06. The van der Waals surface area contributed by atoms with Gasteiger partial charge in [0.1, 0.15) is 0 Å². The summed E-state index contributed by atoms with van der Waals surface area (Å²) in [6.07, 6.45) is 4.17. The predicted molar refractivity (Wildman–Crippen MR) is 116 cm³/mol. The van der Waals surface area contributed by atoms with Crippen molar-refractivity contribution in [3.05, 3.63) is 53.9 Å². The van der Waals surface area contributed by atoms with Crippen molar-refractivity contribution in [1.82, 2.24) is 15.0 Å². The Hall–Kier alpha value is -2.78. The zero-order valence-electron chi connectivity index (χ0n) is 17.4. The van der Waals surface area contributed by atoms with Crippen LogP contribution in [0, 0.1) is 5.92 Å². The Morgan fingerprint density at radius 3 is 2.71 bits per heavy atom. The Balaban J connectivity index is 1.33. The van der Waals surface area contributed by atoms with Crippen molar-refractivity contribution in [2.45, 2.75) is 50.1 Å². The third-order valence-corrected chi connectivity index (χ3v) is 7.04. The molecule has 1 saturated carbocycles. The number of hydrogen-bond acceptors (Lipinski definition) is 5. The van der Waals surface area contributed by atoms with Gasteiger partial charge in [-0.05, 0) is 62.1 Å². The average Bonchev–Trinajstić information content (AvgIpc) is 3.54. The first kappa shape index (κ1) is 21.5. The fraction of sp³-hybridized carbons (Fsp3) is 0.409. The molecule has 2 aliphatic rings. The average molecular weight is 443 g/mol. The van der Waals surface area contributed by atoms with E-state index in [9.17, 15) is 18.0 Å². The number of sulfonamides is 1. The van der Waals surface area contributed by atoms with E-state index in [1.807, 2.05) is 17.9 Å². The molecule has 9 heteroatoms. The zero-order chi connectivity index (χ0) is 22.0. The van der Waals surface area contributed by atoms with Crippen molar-refractivity contribution in [3.63, 3.8) is 0 Å². The first-order chi connectivity index (χ1) is 14.8. The van der Waals surface area contributed by atoms with E-state index in [-0.39, 0.29) is 41.6 Å². The van der Waals surface area contributed by atoms with Gasteiger partial charge in [-0.15, -0.1) is 0 Å². The van der Waals surface area contributed by atoms with Crippen molar-refractivity contribution in [2.75, 3.05) is 11.4 Å². The van der Waals surface area contributed by atoms with Gasteiger partial charge in [-0.1, -0.05) is 6.07 Å². The Morgan fingerprint density at radius 1 is 1.19 bits per heavy atom. The number of benzene rings is 1. The fourth-order valence-corrected chi connectivity index (χ4v) is 4.88. The number of fused-ring (bicyclic) bond motifs is 1. The van der Waals surface area contributed by atoms with E-state index in [1.165, 1.54) is 6.07 Å². The first-order valence-corrected chi connectivity index (χ1v) is 12.0. The summed E-state index contributed by atoms with van der Waals surface area (Å²) in [4.78, 5) is 30.6. The van der Waals surface area contributed by atoms with Gasteiger partial charge in [-0.2, -0.15) is 0 Å². The van der Waals surface area contributed by atoms with Gasteiger partial charge in [-0.3, -0.25) is 14.6 Å². The number of nitrogens with zero attached hydrogens (tertiary/aromatic N) is 2. The fourth-order valence-electron chi connectivity index (χ4n) is 3.80. The lowest BCUT2D eigenvalue weighted by atomic mass is 10.1. The minimum atomic E-state index is -3.75. The molecule has 0 unspecified atom stereocenters. The number of rotatable bonds is 8. The van der Waals surface area contributed by atoms with Crippen LogP contribution in [-0.2, 0) is 32.6 Å². The molecule has 1 aromatic heterocycles. The van der Waals surface area contributed by atoms with Gasteiger partial charge in [-0.25, -0.2) is 13.1 Å². The normalized spacial score (nSPS) is 18.0. The van der Waals surface area contributed by atoms with Crippen LogP contribution in [0.4, 0.5) is 5.69 Å². The molecule has 0 spiro atoms. The van der Waals surface area contributed by atoms with Crippen LogP contribution in [-0.4, -0.2) is 37.8 Å². The number of amides is 2. The lowest BCUT2D eigenvalue weighted by Gasteiger charge is -2.22. The molecule has 4 rings (SSSR count). The quantitative estimate of drug-likeness (QED) is 0.648. The van der Waals surface area contributed by atoms with Crippen molar-refractivity contribution in [3.8, 4) is 0 Å². The molecule has 8 nitrogen and oxygen atoms in total. The maximum Gasteiger partial charge on any atom is 0.240 e. The summed E-state index contributed by atoms with van der Waals surface area (Å²) < 4.78 is 27.8. The second-order valence-electron chi connectivity index (χ2n) is 8.07. The highest BCUT2D eigenvalue weighted by Crippen LogP contribution is 2.39. The minimum Gasteiger partial charge on any atom is -0.350 e. The molecular formula is C22H26N4O4S. The maximum absolute atomic E-state index is 12.7. The van der Waals surface area contributed by atoms with Gasteiger partial charge in [0.2, 0.25) is 21.8 Å². The van der Waals surface area contributed by atoms with Crippen LogP contribution >= 0.6 is 0 Å². The largest absolute Gasteiger partial charge is 0.350 e. The summed E-state index contributed by atoms with van der Waals surface area (Å²) in [6, 6.07) is 10.3. The smallest absolute Gasteiger partial charge is 0.240 e. The highest BCUT2D eigenvalue weighted by atomic mass is 32.2. The zero-order valence-corrected chi connectivity index (χ0v) is 18.2. The van der Waals surface area contributed by atoms with Crippen LogP contribution in [0.3, 0.4) is 0 Å². The molecule has 164 valence electrons. The van der Waals surface area contributed by atoms with E-state index in [4.69, 9.17) is 0 Å². The molecule has 1 fully saturated rings. The van der Waals surface area contributed by atoms with Crippen molar-refractivity contribution >= 4 is 27.5 Å². The third kappa shape index (κ3) is 4.94. The topological polar surface area (TPSA) is 108 Å². The van der Waals surface area contributed by atoms with Gasteiger partial charge < -0.3 is 10.2 Å². The lowest BCUT2D eigenvalue weighted by molar-refractivity contribution is -0.121. The van der Waals surface area contributed by atoms with E-state index in [1.54, 1.807) is 30.5 Å². The minimum absolute atomic E-state index is 0.00381. The number of hydrogen-bond donors (Lipinski definition) is 2. The molecule has 1 aliphatic carbocycles. The monoisotopic (exact) mass is 442 g/mol. The molecule has 1 atom stereocenters. The van der Waals surface area contributed by atoms with Crippen LogP contribution < -0.4 is 14.9 Å². The SMILES string of the molecule is C[C@H]1Cc2cc(S(=O)(=O)NCCC(=O)NCc3ccccn3)ccc2N1C(=O)C1CC1. The van der Waals surface area contributed by atoms with E-state index in [0.717, 1.165) is 29.8 Å². The van der Waals surface area contributed by atoms with E-state index in [0.29, 0.717) is 13.0 Å². The van der Waals surface area contributed by atoms with Gasteiger partial charge in [0.15, 0.2) is 0 Å². The summed E-state index contributed by atoms with van der Waals surface area (Å²) in [5, 5.41) is 2.72. The molecule has 1 aromatic carbocycles. The van der Waals surface area contributed by atoms with Gasteiger partial charge in [0.25, 0.3) is 0 Å². The lowest BCUT2D eigenvalue weighted by Crippen LogP contribution is -2.36. The van der Waals surface area contributed by atoms with Crippen LogP contribution in [0.2, 0.25) is 0 Å². The molecule has 0 bridgehead atoms. The second kappa shape index (κ2) is 8.76. The molecule has 2 N–H and O–H groups in total. The molecule has 0 saturated heterocycles. The van der Waals surface area contributed by atoms with Crippen LogP contribution in [0.1, 0.15) is 37.4 Å². The Labute approximate surface area is 182 Å². The number of carbonyl (C=O) groups excluding carboxylic acids is 2. The first-order valence-electron chi connectivity index (χ1n) is 10.5. The Morgan fingerprint density at radius 2 is 2.00 bits per heavy atom. The van der Waals surface area contributed by atoms with Crippen LogP contribution in [0.25, 0.3) is 0 Å². The molecule has 2 amide bonds. The standard InChI is InChI=1S/C22H26N4O4S/c1-15-12-17-13-19(7-8-20(17)26(15)22(28)16-5-6-16)31(29,30)25-11-9-21(27)24-14-18-4-2-3-10-23-18/h2-4,7-8,10,13,15-16,25H,5-6,9,11-12,14H2,1H3,(H,24,27)/t15-/m0/s1. The number of pyridine rings is 1.